The number of ether oxygens (including phenoxy) is 1. The van der Waals surface area contributed by atoms with E-state index in [1.54, 1.807) is 0 Å². The van der Waals surface area contributed by atoms with E-state index < -0.39 is 0 Å². The summed E-state index contributed by atoms with van der Waals surface area (Å²) >= 11 is 0. The van der Waals surface area contributed by atoms with Gasteiger partial charge in [-0.15, -0.1) is 0 Å². The zero-order chi connectivity index (χ0) is 14.8. The van der Waals surface area contributed by atoms with Crippen LogP contribution >= 0.6 is 0 Å². The summed E-state index contributed by atoms with van der Waals surface area (Å²) in [6.07, 6.45) is 20.1. The zero-order valence-corrected chi connectivity index (χ0v) is 13.1. The van der Waals surface area contributed by atoms with Gasteiger partial charge in [0.1, 0.15) is 0 Å². The summed E-state index contributed by atoms with van der Waals surface area (Å²) in [7, 11) is 0. The first-order valence-electron chi connectivity index (χ1n) is 8.22. The molecular weight excluding hydrogens is 260 g/mol. The molecule has 21 heavy (non-hydrogen) atoms. The predicted molar refractivity (Wildman–Crippen MR) is 87.3 cm³/mol. The largest absolute Gasteiger partial charge is 0.463 e. The molecule has 1 aromatic rings. The minimum absolute atomic E-state index is 0.493. The maximum Gasteiger partial charge on any atom is 0.316 e. The Labute approximate surface area is 128 Å². The maximum atomic E-state index is 5.60. The minimum atomic E-state index is 0.493. The number of allylic oxidation sites excluding steroid dienone is 4. The molecule has 1 heterocycles. The number of nitrogens with zero attached hydrogens (tertiary/aromatic N) is 2. The van der Waals surface area contributed by atoms with Crippen molar-refractivity contribution in [1.29, 1.82) is 0 Å². The molecule has 0 saturated heterocycles. The van der Waals surface area contributed by atoms with Gasteiger partial charge in [-0.1, -0.05) is 57.3 Å². The third-order valence-electron chi connectivity index (χ3n) is 3.69. The van der Waals surface area contributed by atoms with E-state index in [-0.39, 0.29) is 0 Å². The number of hydrogen-bond donors (Lipinski definition) is 0. The van der Waals surface area contributed by atoms with Crippen LogP contribution in [-0.4, -0.2) is 16.6 Å². The van der Waals surface area contributed by atoms with E-state index in [9.17, 15) is 0 Å². The molecule has 1 aliphatic carbocycles. The fourth-order valence-corrected chi connectivity index (χ4v) is 2.41. The highest BCUT2D eigenvalue weighted by molar-refractivity contribution is 5.73. The van der Waals surface area contributed by atoms with E-state index in [1.807, 2.05) is 12.4 Å². The van der Waals surface area contributed by atoms with Crippen molar-refractivity contribution in [3.63, 3.8) is 0 Å². The molecule has 0 radical (unpaired) electrons. The third-order valence-corrected chi connectivity index (χ3v) is 3.69. The zero-order valence-electron chi connectivity index (χ0n) is 13.1. The van der Waals surface area contributed by atoms with Crippen LogP contribution in [0.1, 0.15) is 63.9 Å². The molecule has 3 heteroatoms. The van der Waals surface area contributed by atoms with Gasteiger partial charge in [-0.05, 0) is 24.8 Å². The third kappa shape index (κ3) is 5.70. The number of hydrogen-bond acceptors (Lipinski definition) is 3. The summed E-state index contributed by atoms with van der Waals surface area (Å²) in [5.74, 6) is 0. The van der Waals surface area contributed by atoms with Gasteiger partial charge >= 0.3 is 6.01 Å². The second-order valence-electron chi connectivity index (χ2n) is 5.51. The van der Waals surface area contributed by atoms with E-state index in [4.69, 9.17) is 4.74 Å². The molecule has 0 N–H and O–H groups in total. The SMILES string of the molecule is CCCCCCCCOc1ncc(C2=CCCC=C2)cn1. The fraction of sp³-hybridized carbons (Fsp3) is 0.556. The Balaban J connectivity index is 1.68. The summed E-state index contributed by atoms with van der Waals surface area (Å²) in [5.41, 5.74) is 2.28. The highest BCUT2D eigenvalue weighted by Crippen LogP contribution is 2.20. The molecule has 2 rings (SSSR count). The smallest absolute Gasteiger partial charge is 0.316 e. The Morgan fingerprint density at radius 1 is 1.00 bits per heavy atom. The van der Waals surface area contributed by atoms with Crippen LogP contribution < -0.4 is 4.74 Å². The highest BCUT2D eigenvalue weighted by atomic mass is 16.5. The lowest BCUT2D eigenvalue weighted by molar-refractivity contribution is 0.281. The van der Waals surface area contributed by atoms with Gasteiger partial charge in [0.05, 0.1) is 6.61 Å². The Morgan fingerprint density at radius 3 is 2.48 bits per heavy atom. The standard InChI is InChI=1S/C18H26N2O/c1-2-3-4-5-6-10-13-21-18-19-14-17(15-20-18)16-11-8-7-9-12-16/h8,11-12,14-15H,2-7,9-10,13H2,1H3. The molecule has 0 amide bonds. The van der Waals surface area contributed by atoms with Crippen LogP contribution in [-0.2, 0) is 0 Å². The van der Waals surface area contributed by atoms with Crippen molar-refractivity contribution < 1.29 is 4.74 Å². The molecule has 0 aromatic carbocycles. The first-order chi connectivity index (χ1) is 10.4. The lowest BCUT2D eigenvalue weighted by Gasteiger charge is -2.08. The monoisotopic (exact) mass is 286 g/mol. The van der Waals surface area contributed by atoms with E-state index in [1.165, 1.54) is 37.7 Å². The molecule has 0 bridgehead atoms. The molecule has 1 aliphatic rings. The number of rotatable bonds is 9. The van der Waals surface area contributed by atoms with Crippen LogP contribution in [0.2, 0.25) is 0 Å². The summed E-state index contributed by atoms with van der Waals surface area (Å²) in [4.78, 5) is 8.59. The predicted octanol–water partition coefficient (Wildman–Crippen LogP) is 4.95. The first kappa shape index (κ1) is 15.7. The van der Waals surface area contributed by atoms with Crippen LogP contribution in [0.15, 0.2) is 30.6 Å². The van der Waals surface area contributed by atoms with Gasteiger partial charge in [0.2, 0.25) is 0 Å². The van der Waals surface area contributed by atoms with Crippen molar-refractivity contribution >= 4 is 5.57 Å². The summed E-state index contributed by atoms with van der Waals surface area (Å²) < 4.78 is 5.60. The van der Waals surface area contributed by atoms with Crippen molar-refractivity contribution in [2.75, 3.05) is 6.61 Å². The van der Waals surface area contributed by atoms with E-state index in [0.29, 0.717) is 12.6 Å². The van der Waals surface area contributed by atoms with Crippen molar-refractivity contribution in [3.05, 3.63) is 36.2 Å². The van der Waals surface area contributed by atoms with Crippen LogP contribution in [0.4, 0.5) is 0 Å². The van der Waals surface area contributed by atoms with Crippen LogP contribution in [0.3, 0.4) is 0 Å². The van der Waals surface area contributed by atoms with Gasteiger partial charge in [0, 0.05) is 18.0 Å². The minimum Gasteiger partial charge on any atom is -0.463 e. The molecule has 0 spiro atoms. The van der Waals surface area contributed by atoms with Gasteiger partial charge < -0.3 is 4.74 Å². The average molecular weight is 286 g/mol. The average Bonchev–Trinajstić information content (AvgIpc) is 2.55. The van der Waals surface area contributed by atoms with Crippen molar-refractivity contribution in [1.82, 2.24) is 9.97 Å². The molecule has 0 unspecified atom stereocenters. The van der Waals surface area contributed by atoms with Gasteiger partial charge in [-0.2, -0.15) is 0 Å². The molecule has 3 nitrogen and oxygen atoms in total. The van der Waals surface area contributed by atoms with E-state index in [2.05, 4.69) is 35.1 Å². The Bertz CT molecular complexity index is 463. The lowest BCUT2D eigenvalue weighted by Crippen LogP contribution is -2.01. The lowest BCUT2D eigenvalue weighted by atomic mass is 10.0. The van der Waals surface area contributed by atoms with Crippen molar-refractivity contribution in [2.24, 2.45) is 0 Å². The molecule has 0 aliphatic heterocycles. The molecule has 1 aromatic heterocycles. The van der Waals surface area contributed by atoms with Crippen LogP contribution in [0.5, 0.6) is 6.01 Å². The molecule has 0 atom stereocenters. The Hall–Kier alpha value is -1.64. The quantitative estimate of drug-likeness (QED) is 0.602. The Kier molecular flexibility index (Phi) is 6.99. The molecular formula is C18H26N2O. The topological polar surface area (TPSA) is 35.0 Å². The van der Waals surface area contributed by atoms with E-state index in [0.717, 1.165) is 24.8 Å². The highest BCUT2D eigenvalue weighted by Gasteiger charge is 2.03. The first-order valence-corrected chi connectivity index (χ1v) is 8.22. The second-order valence-corrected chi connectivity index (χ2v) is 5.51. The molecule has 0 saturated carbocycles. The summed E-state index contributed by atoms with van der Waals surface area (Å²) in [5, 5.41) is 0. The summed E-state index contributed by atoms with van der Waals surface area (Å²) in [6.45, 7) is 2.96. The summed E-state index contributed by atoms with van der Waals surface area (Å²) in [6, 6.07) is 0.493. The van der Waals surface area contributed by atoms with Gasteiger partial charge in [0.15, 0.2) is 0 Å². The van der Waals surface area contributed by atoms with Crippen molar-refractivity contribution in [2.45, 2.75) is 58.3 Å². The van der Waals surface area contributed by atoms with Crippen molar-refractivity contribution in [3.8, 4) is 6.01 Å². The van der Waals surface area contributed by atoms with Gasteiger partial charge in [-0.25, -0.2) is 9.97 Å². The van der Waals surface area contributed by atoms with E-state index >= 15 is 0 Å². The number of aromatic nitrogens is 2. The molecule has 0 fully saturated rings. The van der Waals surface area contributed by atoms with Crippen LogP contribution in [0, 0.1) is 0 Å². The van der Waals surface area contributed by atoms with Gasteiger partial charge in [-0.3, -0.25) is 0 Å². The molecule has 114 valence electrons. The Morgan fingerprint density at radius 2 is 1.76 bits per heavy atom. The fourth-order valence-electron chi connectivity index (χ4n) is 2.41. The normalized spacial score (nSPS) is 14.0. The maximum absolute atomic E-state index is 5.60. The van der Waals surface area contributed by atoms with Crippen LogP contribution in [0.25, 0.3) is 5.57 Å². The van der Waals surface area contributed by atoms with Gasteiger partial charge in [0.25, 0.3) is 0 Å². The second kappa shape index (κ2) is 9.32. The number of unbranched alkanes of at least 4 members (excludes halogenated alkanes) is 5.